The predicted molar refractivity (Wildman–Crippen MR) is 123 cm³/mol. The highest BCUT2D eigenvalue weighted by Gasteiger charge is 2.20. The molecule has 0 bridgehead atoms. The molecule has 0 fully saturated rings. The van der Waals surface area contributed by atoms with Gasteiger partial charge in [-0.05, 0) is 44.5 Å². The van der Waals surface area contributed by atoms with Crippen LogP contribution in [-0.4, -0.2) is 19.8 Å². The van der Waals surface area contributed by atoms with Crippen LogP contribution >= 0.6 is 0 Å². The number of nitrogens with two attached hydrogens (primary N) is 1. The second-order valence-electron chi connectivity index (χ2n) is 8.04. The zero-order valence-corrected chi connectivity index (χ0v) is 18.5. The Balaban J connectivity index is 1.78. The van der Waals surface area contributed by atoms with Gasteiger partial charge in [0.05, 0.1) is 19.8 Å². The minimum Gasteiger partial charge on any atom is -0.496 e. The molecule has 158 valence electrons. The van der Waals surface area contributed by atoms with Gasteiger partial charge in [-0.3, -0.25) is 0 Å². The molecule has 2 N–H and O–H groups in total. The number of ether oxygens (including phenoxy) is 2. The third-order valence-electron chi connectivity index (χ3n) is 5.47. The fraction of sp³-hybridized carbons (Fsp3) is 0.333. The van der Waals surface area contributed by atoms with E-state index in [-0.39, 0.29) is 12.0 Å². The summed E-state index contributed by atoms with van der Waals surface area (Å²) in [4.78, 5) is 0. The van der Waals surface area contributed by atoms with Crippen molar-refractivity contribution in [2.45, 2.75) is 45.3 Å². The molecule has 3 aromatic rings. The molecule has 30 heavy (non-hydrogen) atoms. The standard InChI is InChI=1S/C27H33NO2/c1-20(2)30-24-16-14-23(15-17-24)25(26-12-8-9-13-27(26)29-4)18-19-28-21(3)22-10-6-5-7-11-22/h5-17,20-21,25,28H,18-19H2,1-4H3/p+1/t21-,25-/m0/s1. The van der Waals surface area contributed by atoms with Crippen LogP contribution in [0.2, 0.25) is 0 Å². The molecule has 0 saturated heterocycles. The molecule has 0 aliphatic heterocycles. The highest BCUT2D eigenvalue weighted by Crippen LogP contribution is 2.34. The molecule has 0 aromatic heterocycles. The maximum absolute atomic E-state index is 5.83. The Bertz CT molecular complexity index is 890. The van der Waals surface area contributed by atoms with Crippen molar-refractivity contribution in [1.29, 1.82) is 0 Å². The maximum Gasteiger partial charge on any atom is 0.122 e. The van der Waals surface area contributed by atoms with Crippen molar-refractivity contribution in [3.05, 3.63) is 95.6 Å². The number of rotatable bonds is 10. The Hall–Kier alpha value is -2.78. The summed E-state index contributed by atoms with van der Waals surface area (Å²) in [5, 5.41) is 2.42. The summed E-state index contributed by atoms with van der Waals surface area (Å²) in [6.07, 6.45) is 1.21. The molecule has 0 amide bonds. The van der Waals surface area contributed by atoms with Crippen molar-refractivity contribution < 1.29 is 14.8 Å². The Morgan fingerprint density at radius 3 is 2.10 bits per heavy atom. The van der Waals surface area contributed by atoms with E-state index in [4.69, 9.17) is 9.47 Å². The van der Waals surface area contributed by atoms with Crippen LogP contribution in [0.5, 0.6) is 11.5 Å². The van der Waals surface area contributed by atoms with E-state index in [1.165, 1.54) is 16.7 Å². The molecule has 2 atom stereocenters. The molecule has 3 aromatic carbocycles. The summed E-state index contributed by atoms with van der Waals surface area (Å²) < 4.78 is 11.5. The number of benzene rings is 3. The van der Waals surface area contributed by atoms with E-state index in [1.807, 2.05) is 6.07 Å². The average molecular weight is 405 g/mol. The van der Waals surface area contributed by atoms with E-state index in [9.17, 15) is 0 Å². The molecular formula is C27H34NO2+. The molecule has 0 saturated carbocycles. The van der Waals surface area contributed by atoms with Gasteiger partial charge < -0.3 is 14.8 Å². The molecule has 0 aliphatic carbocycles. The molecule has 0 spiro atoms. The van der Waals surface area contributed by atoms with E-state index < -0.39 is 0 Å². The first-order chi connectivity index (χ1) is 14.6. The summed E-state index contributed by atoms with van der Waals surface area (Å²) in [5.41, 5.74) is 3.89. The molecular weight excluding hydrogens is 370 g/mol. The van der Waals surface area contributed by atoms with Crippen LogP contribution in [-0.2, 0) is 0 Å². The quantitative estimate of drug-likeness (QED) is 0.496. The Kier molecular flexibility index (Phi) is 7.92. The third kappa shape index (κ3) is 5.87. The highest BCUT2D eigenvalue weighted by atomic mass is 16.5. The van der Waals surface area contributed by atoms with Crippen molar-refractivity contribution in [2.75, 3.05) is 13.7 Å². The van der Waals surface area contributed by atoms with Crippen LogP contribution in [0.1, 0.15) is 55.8 Å². The van der Waals surface area contributed by atoms with Crippen molar-refractivity contribution >= 4 is 0 Å². The van der Waals surface area contributed by atoms with Crippen molar-refractivity contribution in [3.63, 3.8) is 0 Å². The SMILES string of the molecule is COc1ccccc1[C@@H](CC[NH2+][C@@H](C)c1ccccc1)c1ccc(OC(C)C)cc1. The van der Waals surface area contributed by atoms with Crippen LogP contribution in [0.4, 0.5) is 0 Å². The molecule has 0 aliphatic rings. The fourth-order valence-corrected chi connectivity index (χ4v) is 3.91. The monoisotopic (exact) mass is 404 g/mol. The number of methoxy groups -OCH3 is 1. The molecule has 0 radical (unpaired) electrons. The lowest BCUT2D eigenvalue weighted by atomic mass is 9.87. The zero-order valence-electron chi connectivity index (χ0n) is 18.5. The number of hydrogen-bond acceptors (Lipinski definition) is 2. The van der Waals surface area contributed by atoms with E-state index in [2.05, 4.69) is 98.9 Å². The van der Waals surface area contributed by atoms with E-state index >= 15 is 0 Å². The normalized spacial score (nSPS) is 13.1. The predicted octanol–water partition coefficient (Wildman–Crippen LogP) is 5.33. The highest BCUT2D eigenvalue weighted by molar-refractivity contribution is 5.43. The largest absolute Gasteiger partial charge is 0.496 e. The second kappa shape index (κ2) is 10.8. The van der Waals surface area contributed by atoms with Gasteiger partial charge in [0.1, 0.15) is 17.5 Å². The van der Waals surface area contributed by atoms with Crippen molar-refractivity contribution in [3.8, 4) is 11.5 Å². The topological polar surface area (TPSA) is 35.1 Å². The fourth-order valence-electron chi connectivity index (χ4n) is 3.91. The second-order valence-corrected chi connectivity index (χ2v) is 8.04. The minimum absolute atomic E-state index is 0.176. The summed E-state index contributed by atoms with van der Waals surface area (Å²) in [6, 6.07) is 28.0. The minimum atomic E-state index is 0.176. The summed E-state index contributed by atoms with van der Waals surface area (Å²) in [7, 11) is 1.75. The van der Waals surface area contributed by atoms with E-state index in [0.29, 0.717) is 6.04 Å². The lowest BCUT2D eigenvalue weighted by Gasteiger charge is -2.21. The van der Waals surface area contributed by atoms with Gasteiger partial charge in [0.25, 0.3) is 0 Å². The molecule has 3 rings (SSSR count). The van der Waals surface area contributed by atoms with Crippen LogP contribution in [0.3, 0.4) is 0 Å². The number of quaternary nitrogens is 1. The third-order valence-corrected chi connectivity index (χ3v) is 5.47. The van der Waals surface area contributed by atoms with Crippen LogP contribution in [0, 0.1) is 0 Å². The Morgan fingerprint density at radius 1 is 0.767 bits per heavy atom. The zero-order chi connectivity index (χ0) is 21.3. The van der Waals surface area contributed by atoms with Crippen LogP contribution < -0.4 is 14.8 Å². The molecule has 3 heteroatoms. The van der Waals surface area contributed by atoms with Crippen molar-refractivity contribution in [2.24, 2.45) is 0 Å². The Labute approximate surface area is 181 Å². The smallest absolute Gasteiger partial charge is 0.122 e. The number of hydrogen-bond donors (Lipinski definition) is 1. The summed E-state index contributed by atoms with van der Waals surface area (Å²) in [5.74, 6) is 2.13. The van der Waals surface area contributed by atoms with Crippen molar-refractivity contribution in [1.82, 2.24) is 0 Å². The number of para-hydroxylation sites is 1. The van der Waals surface area contributed by atoms with Gasteiger partial charge in [-0.2, -0.15) is 0 Å². The van der Waals surface area contributed by atoms with Gasteiger partial charge in [0.15, 0.2) is 0 Å². The van der Waals surface area contributed by atoms with Gasteiger partial charge in [-0.15, -0.1) is 0 Å². The first-order valence-corrected chi connectivity index (χ1v) is 10.9. The van der Waals surface area contributed by atoms with Crippen LogP contribution in [0.25, 0.3) is 0 Å². The van der Waals surface area contributed by atoms with E-state index in [0.717, 1.165) is 24.5 Å². The Morgan fingerprint density at radius 2 is 1.43 bits per heavy atom. The first kappa shape index (κ1) is 21.9. The lowest BCUT2D eigenvalue weighted by molar-refractivity contribution is -0.693. The van der Waals surface area contributed by atoms with Gasteiger partial charge in [0, 0.05) is 23.5 Å². The van der Waals surface area contributed by atoms with Gasteiger partial charge >= 0.3 is 0 Å². The van der Waals surface area contributed by atoms with E-state index in [1.54, 1.807) is 7.11 Å². The lowest BCUT2D eigenvalue weighted by Crippen LogP contribution is -2.84. The van der Waals surface area contributed by atoms with Gasteiger partial charge in [-0.1, -0.05) is 60.7 Å². The average Bonchev–Trinajstić information content (AvgIpc) is 2.77. The summed E-state index contributed by atoms with van der Waals surface area (Å²) >= 11 is 0. The molecule has 0 heterocycles. The van der Waals surface area contributed by atoms with Gasteiger partial charge in [-0.25, -0.2) is 0 Å². The van der Waals surface area contributed by atoms with Gasteiger partial charge in [0.2, 0.25) is 0 Å². The first-order valence-electron chi connectivity index (χ1n) is 10.9. The molecule has 3 nitrogen and oxygen atoms in total. The maximum atomic E-state index is 5.83. The summed E-state index contributed by atoms with van der Waals surface area (Å²) in [6.45, 7) is 7.40. The van der Waals surface area contributed by atoms with Crippen LogP contribution in [0.15, 0.2) is 78.9 Å². The molecule has 0 unspecified atom stereocenters.